The van der Waals surface area contributed by atoms with Gasteiger partial charge in [0.1, 0.15) is 6.26 Å². The monoisotopic (exact) mass is 178 g/mol. The van der Waals surface area contributed by atoms with Crippen molar-refractivity contribution in [3.8, 4) is 0 Å². The SMILES string of the molecule is Cc1cocc1C(=O)C1CCCC1. The average molecular weight is 178 g/mol. The minimum Gasteiger partial charge on any atom is -0.472 e. The van der Waals surface area contributed by atoms with Gasteiger partial charge in [-0.15, -0.1) is 0 Å². The van der Waals surface area contributed by atoms with E-state index >= 15 is 0 Å². The maximum atomic E-state index is 11.9. The van der Waals surface area contributed by atoms with Crippen LogP contribution in [0.15, 0.2) is 16.9 Å². The van der Waals surface area contributed by atoms with Gasteiger partial charge in [-0.3, -0.25) is 4.79 Å². The third-order valence-corrected chi connectivity index (χ3v) is 2.85. The van der Waals surface area contributed by atoms with E-state index in [0.29, 0.717) is 0 Å². The van der Waals surface area contributed by atoms with E-state index in [1.54, 1.807) is 12.5 Å². The van der Waals surface area contributed by atoms with Gasteiger partial charge in [0, 0.05) is 5.92 Å². The van der Waals surface area contributed by atoms with Crippen molar-refractivity contribution in [2.75, 3.05) is 0 Å². The minimum atomic E-state index is 0.260. The lowest BCUT2D eigenvalue weighted by atomic mass is 9.96. The van der Waals surface area contributed by atoms with Crippen molar-refractivity contribution in [1.29, 1.82) is 0 Å². The van der Waals surface area contributed by atoms with Crippen molar-refractivity contribution in [3.63, 3.8) is 0 Å². The highest BCUT2D eigenvalue weighted by molar-refractivity contribution is 5.98. The van der Waals surface area contributed by atoms with E-state index in [1.165, 1.54) is 12.8 Å². The van der Waals surface area contributed by atoms with Gasteiger partial charge in [-0.2, -0.15) is 0 Å². The summed E-state index contributed by atoms with van der Waals surface area (Å²) in [6.07, 6.45) is 7.74. The molecule has 0 unspecified atom stereocenters. The van der Waals surface area contributed by atoms with Crippen molar-refractivity contribution in [3.05, 3.63) is 23.7 Å². The molecule has 1 saturated carbocycles. The zero-order valence-corrected chi connectivity index (χ0v) is 7.88. The number of hydrogen-bond acceptors (Lipinski definition) is 2. The number of furan rings is 1. The summed E-state index contributed by atoms with van der Waals surface area (Å²) in [4.78, 5) is 11.9. The number of carbonyl (C=O) groups excluding carboxylic acids is 1. The van der Waals surface area contributed by atoms with Gasteiger partial charge in [-0.25, -0.2) is 0 Å². The van der Waals surface area contributed by atoms with Gasteiger partial charge in [0.2, 0.25) is 0 Å². The topological polar surface area (TPSA) is 30.2 Å². The van der Waals surface area contributed by atoms with Crippen LogP contribution in [0.3, 0.4) is 0 Å². The fourth-order valence-corrected chi connectivity index (χ4v) is 2.02. The van der Waals surface area contributed by atoms with Crippen LogP contribution in [0.4, 0.5) is 0 Å². The summed E-state index contributed by atoms with van der Waals surface area (Å²) < 4.78 is 5.01. The molecule has 0 aromatic carbocycles. The van der Waals surface area contributed by atoms with Crippen molar-refractivity contribution < 1.29 is 9.21 Å². The number of ketones is 1. The summed E-state index contributed by atoms with van der Waals surface area (Å²) in [6, 6.07) is 0. The van der Waals surface area contributed by atoms with Gasteiger partial charge in [0.05, 0.1) is 11.8 Å². The summed E-state index contributed by atoms with van der Waals surface area (Å²) in [7, 11) is 0. The highest BCUT2D eigenvalue weighted by atomic mass is 16.3. The number of hydrogen-bond donors (Lipinski definition) is 0. The molecule has 1 aromatic heterocycles. The molecule has 0 radical (unpaired) electrons. The van der Waals surface area contributed by atoms with Gasteiger partial charge in [0.15, 0.2) is 5.78 Å². The Hall–Kier alpha value is -1.05. The minimum absolute atomic E-state index is 0.260. The van der Waals surface area contributed by atoms with Crippen molar-refractivity contribution in [2.45, 2.75) is 32.6 Å². The Kier molecular flexibility index (Phi) is 2.21. The Morgan fingerprint density at radius 1 is 1.38 bits per heavy atom. The number of Topliss-reactive ketones (excluding diaryl/α,β-unsaturated/α-hetero) is 1. The molecular formula is C11H14O2. The molecule has 1 aliphatic carbocycles. The van der Waals surface area contributed by atoms with Crippen LogP contribution < -0.4 is 0 Å². The molecule has 0 amide bonds. The largest absolute Gasteiger partial charge is 0.472 e. The van der Waals surface area contributed by atoms with E-state index in [9.17, 15) is 4.79 Å². The molecule has 1 fully saturated rings. The van der Waals surface area contributed by atoms with Crippen molar-refractivity contribution in [1.82, 2.24) is 0 Å². The van der Waals surface area contributed by atoms with Gasteiger partial charge in [-0.05, 0) is 25.3 Å². The van der Waals surface area contributed by atoms with E-state index in [4.69, 9.17) is 4.42 Å². The zero-order valence-electron chi connectivity index (χ0n) is 7.88. The second-order valence-electron chi connectivity index (χ2n) is 3.81. The summed E-state index contributed by atoms with van der Waals surface area (Å²) in [5.41, 5.74) is 1.75. The maximum Gasteiger partial charge on any atom is 0.169 e. The Morgan fingerprint density at radius 3 is 2.62 bits per heavy atom. The summed E-state index contributed by atoms with van der Waals surface area (Å²) >= 11 is 0. The number of aryl methyl sites for hydroxylation is 1. The molecule has 0 bridgehead atoms. The molecule has 70 valence electrons. The van der Waals surface area contributed by atoms with E-state index in [0.717, 1.165) is 24.0 Å². The molecule has 0 atom stereocenters. The zero-order chi connectivity index (χ0) is 9.26. The van der Waals surface area contributed by atoms with Gasteiger partial charge >= 0.3 is 0 Å². The van der Waals surface area contributed by atoms with Crippen molar-refractivity contribution in [2.24, 2.45) is 5.92 Å². The van der Waals surface area contributed by atoms with Crippen LogP contribution in [0.25, 0.3) is 0 Å². The first-order valence-electron chi connectivity index (χ1n) is 4.86. The first kappa shape index (κ1) is 8.54. The molecule has 0 saturated heterocycles. The molecule has 0 spiro atoms. The lowest BCUT2D eigenvalue weighted by Crippen LogP contribution is -2.10. The Labute approximate surface area is 77.9 Å². The molecule has 1 aromatic rings. The van der Waals surface area contributed by atoms with Crippen LogP contribution >= 0.6 is 0 Å². The number of rotatable bonds is 2. The lowest BCUT2D eigenvalue weighted by molar-refractivity contribution is 0.0921. The van der Waals surface area contributed by atoms with Gasteiger partial charge in [-0.1, -0.05) is 12.8 Å². The standard InChI is InChI=1S/C11H14O2/c1-8-6-13-7-10(8)11(12)9-4-2-3-5-9/h6-7,9H,2-5H2,1H3. The van der Waals surface area contributed by atoms with Crippen LogP contribution in [0, 0.1) is 12.8 Å². The van der Waals surface area contributed by atoms with Crippen molar-refractivity contribution >= 4 is 5.78 Å². The smallest absolute Gasteiger partial charge is 0.169 e. The van der Waals surface area contributed by atoms with E-state index in [1.807, 2.05) is 6.92 Å². The highest BCUT2D eigenvalue weighted by Crippen LogP contribution is 2.29. The van der Waals surface area contributed by atoms with Crippen LogP contribution in [-0.4, -0.2) is 5.78 Å². The van der Waals surface area contributed by atoms with E-state index in [2.05, 4.69) is 0 Å². The second-order valence-corrected chi connectivity index (χ2v) is 3.81. The normalized spacial score (nSPS) is 17.9. The fourth-order valence-electron chi connectivity index (χ4n) is 2.02. The summed E-state index contributed by atoms with van der Waals surface area (Å²) in [5.74, 6) is 0.542. The van der Waals surface area contributed by atoms with Crippen LogP contribution in [0.2, 0.25) is 0 Å². The van der Waals surface area contributed by atoms with Crippen LogP contribution in [0.5, 0.6) is 0 Å². The molecule has 0 N–H and O–H groups in total. The lowest BCUT2D eigenvalue weighted by Gasteiger charge is -2.05. The van der Waals surface area contributed by atoms with Gasteiger partial charge in [0.25, 0.3) is 0 Å². The summed E-state index contributed by atoms with van der Waals surface area (Å²) in [5, 5.41) is 0. The molecule has 2 rings (SSSR count). The van der Waals surface area contributed by atoms with Crippen LogP contribution in [-0.2, 0) is 0 Å². The highest BCUT2D eigenvalue weighted by Gasteiger charge is 2.25. The fraction of sp³-hybridized carbons (Fsp3) is 0.545. The third kappa shape index (κ3) is 1.53. The Balaban J connectivity index is 2.17. The molecule has 1 heterocycles. The second kappa shape index (κ2) is 3.36. The molecule has 13 heavy (non-hydrogen) atoms. The number of carbonyl (C=O) groups is 1. The molecule has 2 nitrogen and oxygen atoms in total. The van der Waals surface area contributed by atoms with Crippen LogP contribution in [0.1, 0.15) is 41.6 Å². The third-order valence-electron chi connectivity index (χ3n) is 2.85. The van der Waals surface area contributed by atoms with Gasteiger partial charge < -0.3 is 4.42 Å². The first-order valence-corrected chi connectivity index (χ1v) is 4.86. The summed E-state index contributed by atoms with van der Waals surface area (Å²) in [6.45, 7) is 1.92. The molecule has 1 aliphatic rings. The van der Waals surface area contributed by atoms with E-state index < -0.39 is 0 Å². The quantitative estimate of drug-likeness (QED) is 0.652. The molecular weight excluding hydrogens is 164 g/mol. The predicted molar refractivity (Wildman–Crippen MR) is 49.7 cm³/mol. The first-order chi connectivity index (χ1) is 6.29. The van der Waals surface area contributed by atoms with E-state index in [-0.39, 0.29) is 11.7 Å². The predicted octanol–water partition coefficient (Wildman–Crippen LogP) is 2.96. The Morgan fingerprint density at radius 2 is 2.08 bits per heavy atom. The maximum absolute atomic E-state index is 11.9. The molecule has 2 heteroatoms. The Bertz CT molecular complexity index is 306. The average Bonchev–Trinajstić information content (AvgIpc) is 2.72. The molecule has 0 aliphatic heterocycles.